The van der Waals surface area contributed by atoms with Gasteiger partial charge in [0.15, 0.2) is 9.84 Å². The van der Waals surface area contributed by atoms with Crippen molar-refractivity contribution in [3.8, 4) is 5.75 Å². The second kappa shape index (κ2) is 7.61. The van der Waals surface area contributed by atoms with Crippen LogP contribution in [-0.4, -0.2) is 33.9 Å². The first-order valence-electron chi connectivity index (χ1n) is 6.72. The number of esters is 1. The molecule has 0 bridgehead atoms. The average Bonchev–Trinajstić information content (AvgIpc) is 2.52. The van der Waals surface area contributed by atoms with Gasteiger partial charge in [0, 0.05) is 10.7 Å². The molecule has 0 saturated heterocycles. The van der Waals surface area contributed by atoms with E-state index < -0.39 is 15.8 Å². The van der Waals surface area contributed by atoms with Crippen molar-refractivity contribution in [1.29, 1.82) is 0 Å². The maximum absolute atomic E-state index is 12.0. The summed E-state index contributed by atoms with van der Waals surface area (Å²) in [5.74, 6) is -0.0359. The van der Waals surface area contributed by atoms with Crippen LogP contribution in [0, 0.1) is 0 Å². The zero-order valence-electron chi connectivity index (χ0n) is 12.4. The van der Waals surface area contributed by atoms with Crippen LogP contribution in [0.2, 0.25) is 0 Å². The number of hydrogen-bond acceptors (Lipinski definition) is 5. The number of halogens is 1. The first-order chi connectivity index (χ1) is 10.9. The summed E-state index contributed by atoms with van der Waals surface area (Å²) in [6, 6.07) is 13.2. The van der Waals surface area contributed by atoms with Crippen LogP contribution in [0.5, 0.6) is 5.75 Å². The van der Waals surface area contributed by atoms with Crippen LogP contribution in [0.1, 0.15) is 10.4 Å². The van der Waals surface area contributed by atoms with E-state index in [-0.39, 0.29) is 23.7 Å². The molecule has 0 fully saturated rings. The van der Waals surface area contributed by atoms with Gasteiger partial charge in [0.2, 0.25) is 0 Å². The van der Waals surface area contributed by atoms with Crippen molar-refractivity contribution in [2.24, 2.45) is 0 Å². The normalized spacial score (nSPS) is 11.0. The predicted molar refractivity (Wildman–Crippen MR) is 89.5 cm³/mol. The van der Waals surface area contributed by atoms with Gasteiger partial charge in [-0.1, -0.05) is 28.1 Å². The Morgan fingerprint density at radius 2 is 1.70 bits per heavy atom. The van der Waals surface area contributed by atoms with Gasteiger partial charge in [0.05, 0.1) is 10.5 Å². The van der Waals surface area contributed by atoms with Gasteiger partial charge < -0.3 is 9.47 Å². The molecule has 0 aliphatic rings. The van der Waals surface area contributed by atoms with E-state index in [1.165, 1.54) is 12.1 Å². The number of benzene rings is 2. The molecule has 0 atom stereocenters. The van der Waals surface area contributed by atoms with Crippen LogP contribution in [0.3, 0.4) is 0 Å². The van der Waals surface area contributed by atoms with Crippen molar-refractivity contribution in [3.05, 3.63) is 58.6 Å². The fraction of sp³-hybridized carbons (Fsp3) is 0.188. The second-order valence-corrected chi connectivity index (χ2v) is 7.61. The Hall–Kier alpha value is -1.86. The number of carbonyl (C=O) groups is 1. The number of carbonyl (C=O) groups excluding carboxylic acids is 1. The van der Waals surface area contributed by atoms with Gasteiger partial charge in [0.1, 0.15) is 19.0 Å². The van der Waals surface area contributed by atoms with Crippen molar-refractivity contribution >= 4 is 31.7 Å². The number of sulfone groups is 1. The summed E-state index contributed by atoms with van der Waals surface area (Å²) in [5, 5.41) is 0. The van der Waals surface area contributed by atoms with Gasteiger partial charge in [-0.05, 0) is 36.4 Å². The Morgan fingerprint density at radius 3 is 2.35 bits per heavy atom. The molecular formula is C16H15BrO5S. The van der Waals surface area contributed by atoms with E-state index in [4.69, 9.17) is 9.47 Å². The molecule has 2 rings (SSSR count). The molecular weight excluding hydrogens is 384 g/mol. The molecule has 2 aromatic carbocycles. The first kappa shape index (κ1) is 17.5. The van der Waals surface area contributed by atoms with Crippen molar-refractivity contribution < 1.29 is 22.7 Å². The summed E-state index contributed by atoms with van der Waals surface area (Å²) >= 11 is 3.32. The molecule has 7 heteroatoms. The van der Waals surface area contributed by atoms with Gasteiger partial charge in [-0.25, -0.2) is 13.2 Å². The van der Waals surface area contributed by atoms with Gasteiger partial charge >= 0.3 is 5.97 Å². The molecule has 0 amide bonds. The van der Waals surface area contributed by atoms with Gasteiger partial charge in [0.25, 0.3) is 0 Å². The largest absolute Gasteiger partial charge is 0.490 e. The van der Waals surface area contributed by atoms with E-state index in [1.807, 2.05) is 12.1 Å². The highest BCUT2D eigenvalue weighted by molar-refractivity contribution is 9.10. The second-order valence-electron chi connectivity index (χ2n) is 4.71. The molecule has 5 nitrogen and oxygen atoms in total. The summed E-state index contributed by atoms with van der Waals surface area (Å²) in [4.78, 5) is 12.0. The highest BCUT2D eigenvalue weighted by Crippen LogP contribution is 2.17. The molecule has 0 N–H and O–H groups in total. The minimum absolute atomic E-state index is 0.0208. The van der Waals surface area contributed by atoms with E-state index >= 15 is 0 Å². The molecule has 2 aromatic rings. The molecule has 0 aliphatic carbocycles. The number of ether oxygens (including phenoxy) is 2. The van der Waals surface area contributed by atoms with Crippen LogP contribution in [-0.2, 0) is 14.6 Å². The number of hydrogen-bond donors (Lipinski definition) is 0. The minimum Gasteiger partial charge on any atom is -0.490 e. The van der Waals surface area contributed by atoms with E-state index in [0.29, 0.717) is 5.75 Å². The smallest absolute Gasteiger partial charge is 0.339 e. The lowest BCUT2D eigenvalue weighted by molar-refractivity contribution is 0.0446. The fourth-order valence-electron chi connectivity index (χ4n) is 1.86. The van der Waals surface area contributed by atoms with Gasteiger partial charge in [-0.2, -0.15) is 0 Å². The third-order valence-electron chi connectivity index (χ3n) is 2.91. The Kier molecular flexibility index (Phi) is 5.79. The Morgan fingerprint density at radius 1 is 1.04 bits per heavy atom. The topological polar surface area (TPSA) is 69.7 Å². The lowest BCUT2D eigenvalue weighted by atomic mass is 10.2. The molecule has 0 saturated carbocycles. The quantitative estimate of drug-likeness (QED) is 0.552. The Balaban J connectivity index is 1.92. The standard InChI is InChI=1S/C16H15BrO5S/c1-23(19,20)15-5-3-2-4-14(15)16(18)22-11-10-21-13-8-6-12(17)7-9-13/h2-9H,10-11H2,1H3. The lowest BCUT2D eigenvalue weighted by Gasteiger charge is -2.09. The first-order valence-corrected chi connectivity index (χ1v) is 9.41. The maximum atomic E-state index is 12.0. The molecule has 0 aromatic heterocycles. The monoisotopic (exact) mass is 398 g/mol. The van der Waals surface area contributed by atoms with Crippen LogP contribution in [0.15, 0.2) is 57.9 Å². The van der Waals surface area contributed by atoms with Gasteiger partial charge in [-0.3, -0.25) is 0 Å². The number of rotatable bonds is 6. The highest BCUT2D eigenvalue weighted by Gasteiger charge is 2.19. The maximum Gasteiger partial charge on any atom is 0.339 e. The van der Waals surface area contributed by atoms with Crippen LogP contribution in [0.4, 0.5) is 0 Å². The third-order valence-corrected chi connectivity index (χ3v) is 4.59. The summed E-state index contributed by atoms with van der Waals surface area (Å²) in [7, 11) is -3.49. The van der Waals surface area contributed by atoms with Gasteiger partial charge in [-0.15, -0.1) is 0 Å². The van der Waals surface area contributed by atoms with E-state index in [1.54, 1.807) is 24.3 Å². The molecule has 0 aliphatic heterocycles. The Labute approximate surface area is 143 Å². The molecule has 0 unspecified atom stereocenters. The lowest BCUT2D eigenvalue weighted by Crippen LogP contribution is -2.15. The van der Waals surface area contributed by atoms with Crippen molar-refractivity contribution in [1.82, 2.24) is 0 Å². The van der Waals surface area contributed by atoms with Crippen LogP contribution >= 0.6 is 15.9 Å². The van der Waals surface area contributed by atoms with Crippen LogP contribution in [0.25, 0.3) is 0 Å². The fourth-order valence-corrected chi connectivity index (χ4v) is 3.00. The van der Waals surface area contributed by atoms with Crippen molar-refractivity contribution in [2.75, 3.05) is 19.5 Å². The van der Waals surface area contributed by atoms with E-state index in [2.05, 4.69) is 15.9 Å². The van der Waals surface area contributed by atoms with Crippen molar-refractivity contribution in [3.63, 3.8) is 0 Å². The molecule has 0 radical (unpaired) electrons. The summed E-state index contributed by atoms with van der Waals surface area (Å²) in [6.45, 7) is 0.196. The average molecular weight is 399 g/mol. The summed E-state index contributed by atoms with van der Waals surface area (Å²) in [6.07, 6.45) is 1.05. The zero-order chi connectivity index (χ0) is 16.9. The molecule has 0 heterocycles. The minimum atomic E-state index is -3.49. The SMILES string of the molecule is CS(=O)(=O)c1ccccc1C(=O)OCCOc1ccc(Br)cc1. The van der Waals surface area contributed by atoms with E-state index in [0.717, 1.165) is 10.7 Å². The van der Waals surface area contributed by atoms with Crippen molar-refractivity contribution in [2.45, 2.75) is 4.90 Å². The Bertz CT molecular complexity index is 784. The summed E-state index contributed by atoms with van der Waals surface area (Å²) in [5.41, 5.74) is 0.0265. The van der Waals surface area contributed by atoms with Crippen LogP contribution < -0.4 is 4.74 Å². The highest BCUT2D eigenvalue weighted by atomic mass is 79.9. The van der Waals surface area contributed by atoms with E-state index in [9.17, 15) is 13.2 Å². The zero-order valence-corrected chi connectivity index (χ0v) is 14.8. The third kappa shape index (κ3) is 5.07. The summed E-state index contributed by atoms with van der Waals surface area (Å²) < 4.78 is 34.8. The molecule has 122 valence electrons. The molecule has 23 heavy (non-hydrogen) atoms. The predicted octanol–water partition coefficient (Wildman–Crippen LogP) is 3.09. The molecule has 0 spiro atoms.